The lowest BCUT2D eigenvalue weighted by Crippen LogP contribution is -2.39. The first-order valence-electron chi connectivity index (χ1n) is 16.1. The van der Waals surface area contributed by atoms with Crippen LogP contribution >= 0.6 is 0 Å². The molecule has 1 fully saturated rings. The summed E-state index contributed by atoms with van der Waals surface area (Å²) in [7, 11) is 0. The highest BCUT2D eigenvalue weighted by atomic mass is 16.7. The summed E-state index contributed by atoms with van der Waals surface area (Å²) in [6, 6.07) is 36.3. The first-order chi connectivity index (χ1) is 23.0. The molecule has 0 bridgehead atoms. The van der Waals surface area contributed by atoms with Crippen LogP contribution in [0.2, 0.25) is 0 Å². The van der Waals surface area contributed by atoms with Crippen molar-refractivity contribution in [2.24, 2.45) is 0 Å². The van der Waals surface area contributed by atoms with Crippen LogP contribution in [0.15, 0.2) is 109 Å². The number of hydroxylamine groups is 1. The van der Waals surface area contributed by atoms with Gasteiger partial charge in [-0.3, -0.25) is 19.7 Å². The van der Waals surface area contributed by atoms with E-state index in [9.17, 15) is 14.7 Å². The van der Waals surface area contributed by atoms with E-state index in [1.807, 2.05) is 60.7 Å². The SMILES string of the molecule is O=C(CCCCC(=O)Nc1ccc([C@@H]2O[C@H](CN(Cc3ccccc3)Cc3ccccc3)C[C@H](c3ccc(CO)cc3)O2)cc1)NO. The van der Waals surface area contributed by atoms with Gasteiger partial charge in [-0.1, -0.05) is 97.1 Å². The van der Waals surface area contributed by atoms with Crippen LogP contribution in [0.1, 0.15) is 72.3 Å². The van der Waals surface area contributed by atoms with Crippen molar-refractivity contribution < 1.29 is 29.4 Å². The van der Waals surface area contributed by atoms with E-state index in [0.717, 1.165) is 29.8 Å². The number of nitrogens with zero attached hydrogens (tertiary/aromatic N) is 1. The molecule has 1 aliphatic rings. The third-order valence-electron chi connectivity index (χ3n) is 8.22. The number of aliphatic hydroxyl groups excluding tert-OH is 1. The van der Waals surface area contributed by atoms with E-state index in [0.29, 0.717) is 31.5 Å². The fourth-order valence-electron chi connectivity index (χ4n) is 5.76. The third kappa shape index (κ3) is 10.6. The number of amides is 2. The molecule has 9 nitrogen and oxygen atoms in total. The molecule has 2 amide bonds. The van der Waals surface area contributed by atoms with Gasteiger partial charge in [-0.15, -0.1) is 0 Å². The number of hydrogen-bond donors (Lipinski definition) is 4. The van der Waals surface area contributed by atoms with Gasteiger partial charge in [-0.25, -0.2) is 5.48 Å². The molecule has 4 aromatic carbocycles. The second kappa shape index (κ2) is 17.5. The Kier molecular flexibility index (Phi) is 12.7. The lowest BCUT2D eigenvalue weighted by Gasteiger charge is -2.38. The molecule has 0 saturated carbocycles. The van der Waals surface area contributed by atoms with Crippen molar-refractivity contribution in [3.63, 3.8) is 0 Å². The topological polar surface area (TPSA) is 120 Å². The van der Waals surface area contributed by atoms with Crippen molar-refractivity contribution in [3.8, 4) is 0 Å². The van der Waals surface area contributed by atoms with Crippen molar-refractivity contribution >= 4 is 17.5 Å². The second-order valence-corrected chi connectivity index (χ2v) is 11.9. The maximum absolute atomic E-state index is 12.4. The highest BCUT2D eigenvalue weighted by molar-refractivity contribution is 5.90. The summed E-state index contributed by atoms with van der Waals surface area (Å²) in [6.07, 6.45) is 1.20. The van der Waals surface area contributed by atoms with E-state index >= 15 is 0 Å². The third-order valence-corrected chi connectivity index (χ3v) is 8.22. The number of rotatable bonds is 15. The zero-order valence-electron chi connectivity index (χ0n) is 26.5. The summed E-state index contributed by atoms with van der Waals surface area (Å²) in [5.41, 5.74) is 7.44. The number of hydrogen-bond acceptors (Lipinski definition) is 7. The van der Waals surface area contributed by atoms with Gasteiger partial charge >= 0.3 is 0 Å². The maximum Gasteiger partial charge on any atom is 0.243 e. The van der Waals surface area contributed by atoms with Crippen LogP contribution < -0.4 is 10.8 Å². The number of unbranched alkanes of at least 4 members (excludes halogenated alkanes) is 1. The number of nitrogens with one attached hydrogen (secondary N) is 2. The van der Waals surface area contributed by atoms with E-state index in [-0.39, 0.29) is 37.6 Å². The van der Waals surface area contributed by atoms with Gasteiger partial charge in [0.25, 0.3) is 0 Å². The first kappa shape index (κ1) is 34.0. The fraction of sp³-hybridized carbons (Fsp3) is 0.316. The first-order valence-corrected chi connectivity index (χ1v) is 16.1. The van der Waals surface area contributed by atoms with Crippen LogP contribution in [0.25, 0.3) is 0 Å². The average Bonchev–Trinajstić information content (AvgIpc) is 3.11. The minimum atomic E-state index is -0.617. The van der Waals surface area contributed by atoms with Crippen LogP contribution in [-0.4, -0.2) is 39.7 Å². The molecule has 1 aliphatic heterocycles. The van der Waals surface area contributed by atoms with Crippen molar-refractivity contribution in [2.75, 3.05) is 11.9 Å². The smallest absolute Gasteiger partial charge is 0.243 e. The van der Waals surface area contributed by atoms with Gasteiger partial charge in [0, 0.05) is 50.1 Å². The predicted octanol–water partition coefficient (Wildman–Crippen LogP) is 6.43. The molecule has 4 N–H and O–H groups in total. The zero-order valence-corrected chi connectivity index (χ0v) is 26.5. The predicted molar refractivity (Wildman–Crippen MR) is 179 cm³/mol. The second-order valence-electron chi connectivity index (χ2n) is 11.9. The number of ether oxygens (including phenoxy) is 2. The molecule has 47 heavy (non-hydrogen) atoms. The molecular weight excluding hydrogens is 594 g/mol. The van der Waals surface area contributed by atoms with E-state index in [2.05, 4.69) is 58.7 Å². The highest BCUT2D eigenvalue weighted by Crippen LogP contribution is 2.38. The van der Waals surface area contributed by atoms with E-state index < -0.39 is 12.2 Å². The number of benzene rings is 4. The Bertz CT molecular complexity index is 1490. The molecule has 0 aliphatic carbocycles. The molecule has 3 atom stereocenters. The summed E-state index contributed by atoms with van der Waals surface area (Å²) in [6.45, 7) is 2.24. The van der Waals surface area contributed by atoms with Crippen LogP contribution in [0.3, 0.4) is 0 Å². The largest absolute Gasteiger partial charge is 0.392 e. The van der Waals surface area contributed by atoms with Gasteiger partial charge in [0.05, 0.1) is 18.8 Å². The molecule has 246 valence electrons. The lowest BCUT2D eigenvalue weighted by molar-refractivity contribution is -0.253. The van der Waals surface area contributed by atoms with Crippen LogP contribution in [0, 0.1) is 0 Å². The quantitative estimate of drug-likeness (QED) is 0.0674. The van der Waals surface area contributed by atoms with Crippen molar-refractivity contribution in [1.82, 2.24) is 10.4 Å². The molecule has 0 radical (unpaired) electrons. The van der Waals surface area contributed by atoms with Gasteiger partial charge in [-0.05, 0) is 47.2 Å². The van der Waals surface area contributed by atoms with Crippen LogP contribution in [0.4, 0.5) is 5.69 Å². The summed E-state index contributed by atoms with van der Waals surface area (Å²) in [5, 5.41) is 21.1. The Morgan fingerprint density at radius 1 is 0.702 bits per heavy atom. The Hall–Kier alpha value is -4.38. The molecular formula is C38H43N3O6. The van der Waals surface area contributed by atoms with Gasteiger partial charge < -0.3 is 19.9 Å². The number of anilines is 1. The minimum Gasteiger partial charge on any atom is -0.392 e. The normalized spacial score (nSPS) is 17.7. The monoisotopic (exact) mass is 637 g/mol. The summed E-state index contributed by atoms with van der Waals surface area (Å²) >= 11 is 0. The average molecular weight is 638 g/mol. The van der Waals surface area contributed by atoms with Gasteiger partial charge in [-0.2, -0.15) is 0 Å². The Morgan fingerprint density at radius 2 is 1.28 bits per heavy atom. The molecule has 9 heteroatoms. The molecule has 0 aromatic heterocycles. The van der Waals surface area contributed by atoms with Crippen molar-refractivity contribution in [3.05, 3.63) is 137 Å². The molecule has 4 aromatic rings. The van der Waals surface area contributed by atoms with Crippen LogP contribution in [-0.2, 0) is 38.8 Å². The summed E-state index contributed by atoms with van der Waals surface area (Å²) in [5.74, 6) is -0.601. The Labute approximate surface area is 276 Å². The fourth-order valence-corrected chi connectivity index (χ4v) is 5.76. The molecule has 1 saturated heterocycles. The standard InChI is InChI=1S/C38H43N3O6/c42-27-30-15-17-31(18-16-30)35-23-34(26-41(24-28-9-3-1-4-10-28)25-29-11-5-2-6-12-29)46-38(47-35)32-19-21-33(22-20-32)39-36(43)13-7-8-14-37(44)40-45/h1-6,9-12,15-22,34-35,38,42,45H,7-8,13-14,23-27H2,(H,39,43)(H,40,44)/t34-,35+,38+/m0/s1. The van der Waals surface area contributed by atoms with Gasteiger partial charge in [0.2, 0.25) is 11.8 Å². The molecule has 1 heterocycles. The summed E-state index contributed by atoms with van der Waals surface area (Å²) in [4.78, 5) is 26.0. The molecule has 0 spiro atoms. The molecule has 0 unspecified atom stereocenters. The van der Waals surface area contributed by atoms with Crippen LogP contribution in [0.5, 0.6) is 0 Å². The van der Waals surface area contributed by atoms with Gasteiger partial charge in [0.1, 0.15) is 0 Å². The maximum atomic E-state index is 12.4. The van der Waals surface area contributed by atoms with Gasteiger partial charge in [0.15, 0.2) is 6.29 Å². The number of carbonyl (C=O) groups is 2. The Morgan fingerprint density at radius 3 is 1.85 bits per heavy atom. The minimum absolute atomic E-state index is 0.0160. The highest BCUT2D eigenvalue weighted by Gasteiger charge is 2.33. The van der Waals surface area contributed by atoms with E-state index in [1.165, 1.54) is 11.1 Å². The zero-order chi connectivity index (χ0) is 32.8. The van der Waals surface area contributed by atoms with Crippen molar-refractivity contribution in [1.29, 1.82) is 0 Å². The van der Waals surface area contributed by atoms with E-state index in [1.54, 1.807) is 5.48 Å². The van der Waals surface area contributed by atoms with Crippen molar-refractivity contribution in [2.45, 2.75) is 70.3 Å². The number of carbonyl (C=O) groups excluding carboxylic acids is 2. The summed E-state index contributed by atoms with van der Waals surface area (Å²) < 4.78 is 13.2. The van der Waals surface area contributed by atoms with E-state index in [4.69, 9.17) is 14.7 Å². The Balaban J connectivity index is 1.30. The number of aliphatic hydroxyl groups is 1. The lowest BCUT2D eigenvalue weighted by atomic mass is 9.99. The molecule has 5 rings (SSSR count).